The number of phenolic OH excluding ortho intramolecular Hbond substituents is 1. The summed E-state index contributed by atoms with van der Waals surface area (Å²) in [5, 5.41) is 10.1. The molecule has 1 aliphatic rings. The summed E-state index contributed by atoms with van der Waals surface area (Å²) in [5.74, 6) is 0.716. The molecule has 1 atom stereocenters. The molecule has 0 amide bonds. The number of rotatable bonds is 2. The van der Waals surface area contributed by atoms with E-state index in [0.717, 1.165) is 15.7 Å². The molecule has 0 saturated carbocycles. The molecule has 1 heterocycles. The number of guanidine groups is 1. The van der Waals surface area contributed by atoms with Crippen LogP contribution in [0.2, 0.25) is 5.02 Å². The smallest absolute Gasteiger partial charge is 0.196 e. The number of hydrogen-bond acceptors (Lipinski definition) is 4. The van der Waals surface area contributed by atoms with Crippen molar-refractivity contribution in [2.45, 2.75) is 6.04 Å². The fourth-order valence-corrected chi connectivity index (χ4v) is 2.88. The number of halogens is 2. The minimum absolute atomic E-state index is 0.0127. The Hall–Kier alpha value is -1.72. The van der Waals surface area contributed by atoms with Crippen LogP contribution >= 0.6 is 27.5 Å². The van der Waals surface area contributed by atoms with Gasteiger partial charge in [-0.1, -0.05) is 23.7 Å². The number of benzene rings is 2. The fourth-order valence-electron chi connectivity index (χ4n) is 2.40. The van der Waals surface area contributed by atoms with Crippen LogP contribution in [0.3, 0.4) is 0 Å². The van der Waals surface area contributed by atoms with Crippen molar-refractivity contribution in [3.05, 3.63) is 57.5 Å². The van der Waals surface area contributed by atoms with Crippen LogP contribution < -0.4 is 10.6 Å². The van der Waals surface area contributed by atoms with Crippen molar-refractivity contribution in [1.29, 1.82) is 0 Å². The molecule has 0 fully saturated rings. The van der Waals surface area contributed by atoms with Crippen molar-refractivity contribution in [2.75, 3.05) is 11.4 Å². The van der Waals surface area contributed by atoms with E-state index < -0.39 is 0 Å². The van der Waals surface area contributed by atoms with Gasteiger partial charge in [0.2, 0.25) is 0 Å². The molecule has 2 aromatic rings. The second-order valence-corrected chi connectivity index (χ2v) is 6.04. The molecule has 0 radical (unpaired) electrons. The van der Waals surface area contributed by atoms with E-state index in [4.69, 9.17) is 17.3 Å². The standard InChI is InChI=1S/C15H13BrClN3O/c16-12-7-10(3-6-13(12)17)20-14(8-19-15(20)18)9-1-4-11(21)5-2-9/h1-7,14,21H,8H2,(H2,18,19). The molecule has 0 saturated heterocycles. The second kappa shape index (κ2) is 5.58. The molecular formula is C15H13BrClN3O. The van der Waals surface area contributed by atoms with Crippen molar-refractivity contribution >= 4 is 39.2 Å². The van der Waals surface area contributed by atoms with Gasteiger partial charge in [0.05, 0.1) is 17.6 Å². The molecule has 1 aliphatic heterocycles. The maximum atomic E-state index is 9.41. The third kappa shape index (κ3) is 2.71. The van der Waals surface area contributed by atoms with Gasteiger partial charge in [-0.25, -0.2) is 0 Å². The van der Waals surface area contributed by atoms with E-state index >= 15 is 0 Å². The Kier molecular flexibility index (Phi) is 3.78. The lowest BCUT2D eigenvalue weighted by atomic mass is 10.1. The van der Waals surface area contributed by atoms with Gasteiger partial charge >= 0.3 is 0 Å². The number of phenols is 1. The zero-order valence-corrected chi connectivity index (χ0v) is 13.3. The molecule has 0 aromatic heterocycles. The molecule has 4 nitrogen and oxygen atoms in total. The van der Waals surface area contributed by atoms with Crippen LogP contribution in [-0.4, -0.2) is 17.6 Å². The van der Waals surface area contributed by atoms with Crippen molar-refractivity contribution in [3.63, 3.8) is 0 Å². The molecule has 108 valence electrons. The van der Waals surface area contributed by atoms with E-state index in [1.807, 2.05) is 35.2 Å². The Balaban J connectivity index is 1.99. The molecule has 2 aromatic carbocycles. The minimum atomic E-state index is 0.0127. The second-order valence-electron chi connectivity index (χ2n) is 4.77. The van der Waals surface area contributed by atoms with Crippen LogP contribution in [0.4, 0.5) is 5.69 Å². The van der Waals surface area contributed by atoms with Gasteiger partial charge in [0, 0.05) is 10.2 Å². The van der Waals surface area contributed by atoms with Gasteiger partial charge in [-0.05, 0) is 51.8 Å². The Morgan fingerprint density at radius 1 is 1.24 bits per heavy atom. The summed E-state index contributed by atoms with van der Waals surface area (Å²) in [7, 11) is 0. The Morgan fingerprint density at radius 3 is 2.62 bits per heavy atom. The van der Waals surface area contributed by atoms with E-state index in [-0.39, 0.29) is 11.8 Å². The average Bonchev–Trinajstić information content (AvgIpc) is 2.85. The first-order valence-electron chi connectivity index (χ1n) is 6.39. The number of anilines is 1. The highest BCUT2D eigenvalue weighted by Crippen LogP contribution is 2.35. The highest BCUT2D eigenvalue weighted by molar-refractivity contribution is 9.10. The van der Waals surface area contributed by atoms with Gasteiger partial charge in [0.1, 0.15) is 5.75 Å². The number of nitrogens with zero attached hydrogens (tertiary/aromatic N) is 2. The van der Waals surface area contributed by atoms with Gasteiger partial charge in [-0.15, -0.1) is 0 Å². The zero-order valence-electron chi connectivity index (χ0n) is 11.0. The lowest BCUT2D eigenvalue weighted by Crippen LogP contribution is -2.36. The largest absolute Gasteiger partial charge is 0.508 e. The van der Waals surface area contributed by atoms with Gasteiger partial charge in [-0.3, -0.25) is 4.99 Å². The monoisotopic (exact) mass is 365 g/mol. The molecular weight excluding hydrogens is 354 g/mol. The van der Waals surface area contributed by atoms with E-state index in [2.05, 4.69) is 20.9 Å². The van der Waals surface area contributed by atoms with Crippen LogP contribution in [0.5, 0.6) is 5.75 Å². The van der Waals surface area contributed by atoms with Crippen LogP contribution in [0, 0.1) is 0 Å². The summed E-state index contributed by atoms with van der Waals surface area (Å²) < 4.78 is 0.811. The number of hydrogen-bond donors (Lipinski definition) is 2. The molecule has 21 heavy (non-hydrogen) atoms. The lowest BCUT2D eigenvalue weighted by molar-refractivity contribution is 0.475. The van der Waals surface area contributed by atoms with Crippen molar-refractivity contribution in [2.24, 2.45) is 10.7 Å². The predicted molar refractivity (Wildman–Crippen MR) is 89.0 cm³/mol. The summed E-state index contributed by atoms with van der Waals surface area (Å²) >= 11 is 9.47. The quantitative estimate of drug-likeness (QED) is 0.852. The first kappa shape index (κ1) is 14.2. The first-order chi connectivity index (χ1) is 10.1. The van der Waals surface area contributed by atoms with E-state index in [1.165, 1.54) is 0 Å². The SMILES string of the molecule is NC1=NCC(c2ccc(O)cc2)N1c1ccc(Cl)c(Br)c1. The Bertz CT molecular complexity index is 703. The van der Waals surface area contributed by atoms with Crippen molar-refractivity contribution < 1.29 is 5.11 Å². The van der Waals surface area contributed by atoms with Crippen LogP contribution in [0.15, 0.2) is 51.9 Å². The van der Waals surface area contributed by atoms with Gasteiger partial charge in [0.25, 0.3) is 0 Å². The molecule has 0 spiro atoms. The zero-order chi connectivity index (χ0) is 15.0. The summed E-state index contributed by atoms with van der Waals surface area (Å²) in [6, 6.07) is 12.8. The average molecular weight is 367 g/mol. The van der Waals surface area contributed by atoms with E-state index in [1.54, 1.807) is 12.1 Å². The highest BCUT2D eigenvalue weighted by Gasteiger charge is 2.29. The van der Waals surface area contributed by atoms with Crippen molar-refractivity contribution in [3.8, 4) is 5.75 Å². The summed E-state index contributed by atoms with van der Waals surface area (Å²) in [6.45, 7) is 0.580. The predicted octanol–water partition coefficient (Wildman–Crippen LogP) is 3.68. The molecule has 3 rings (SSSR count). The normalized spacial score (nSPS) is 17.9. The molecule has 0 bridgehead atoms. The maximum Gasteiger partial charge on any atom is 0.196 e. The van der Waals surface area contributed by atoms with Gasteiger partial charge in [-0.2, -0.15) is 0 Å². The third-order valence-electron chi connectivity index (χ3n) is 3.44. The van der Waals surface area contributed by atoms with Gasteiger partial charge < -0.3 is 15.7 Å². The number of aromatic hydroxyl groups is 1. The first-order valence-corrected chi connectivity index (χ1v) is 7.56. The van der Waals surface area contributed by atoms with Crippen LogP contribution in [0.1, 0.15) is 11.6 Å². The van der Waals surface area contributed by atoms with Gasteiger partial charge in [0.15, 0.2) is 5.96 Å². The summed E-state index contributed by atoms with van der Waals surface area (Å²) in [5.41, 5.74) is 8.00. The highest BCUT2D eigenvalue weighted by atomic mass is 79.9. The molecule has 3 N–H and O–H groups in total. The third-order valence-corrected chi connectivity index (χ3v) is 4.66. The Morgan fingerprint density at radius 2 is 1.95 bits per heavy atom. The van der Waals surface area contributed by atoms with E-state index in [9.17, 15) is 5.11 Å². The van der Waals surface area contributed by atoms with Crippen LogP contribution in [-0.2, 0) is 0 Å². The minimum Gasteiger partial charge on any atom is -0.508 e. The van der Waals surface area contributed by atoms with Crippen LogP contribution in [0.25, 0.3) is 0 Å². The molecule has 0 aliphatic carbocycles. The summed E-state index contributed by atoms with van der Waals surface area (Å²) in [6.07, 6.45) is 0. The topological polar surface area (TPSA) is 61.9 Å². The van der Waals surface area contributed by atoms with E-state index in [0.29, 0.717) is 17.5 Å². The number of nitrogens with two attached hydrogens (primary N) is 1. The molecule has 1 unspecified atom stereocenters. The lowest BCUT2D eigenvalue weighted by Gasteiger charge is -2.27. The summed E-state index contributed by atoms with van der Waals surface area (Å²) in [4.78, 5) is 6.30. The molecule has 6 heteroatoms. The Labute approximate surface area is 136 Å². The maximum absolute atomic E-state index is 9.41. The van der Waals surface area contributed by atoms with Crippen molar-refractivity contribution in [1.82, 2.24) is 0 Å². The fraction of sp³-hybridized carbons (Fsp3) is 0.133. The number of aliphatic imine (C=N–C) groups is 1.